The maximum absolute atomic E-state index is 13.6. The van der Waals surface area contributed by atoms with Crippen molar-refractivity contribution in [2.75, 3.05) is 51.6 Å². The lowest BCUT2D eigenvalue weighted by atomic mass is 9.90. The number of carbonyl (C=O) groups is 1. The van der Waals surface area contributed by atoms with E-state index in [1.165, 1.54) is 4.57 Å². The van der Waals surface area contributed by atoms with Crippen molar-refractivity contribution in [3.05, 3.63) is 59.5 Å². The second-order valence-corrected chi connectivity index (χ2v) is 13.8. The second-order valence-electron chi connectivity index (χ2n) is 13.8. The molecule has 0 aliphatic carbocycles. The summed E-state index contributed by atoms with van der Waals surface area (Å²) in [5.74, 6) is 6.58. The number of anilines is 1. The van der Waals surface area contributed by atoms with Crippen LogP contribution in [0.25, 0.3) is 10.9 Å². The van der Waals surface area contributed by atoms with Gasteiger partial charge in [-0.25, -0.2) is 0 Å². The lowest BCUT2D eigenvalue weighted by molar-refractivity contribution is -0.140. The molecule has 1 aromatic carbocycles. The number of carbonyl (C=O) groups excluding carboxylic acids is 1. The molecule has 2 N–H and O–H groups in total. The summed E-state index contributed by atoms with van der Waals surface area (Å²) in [6.45, 7) is 10.8. The SMILES string of the molecule is CC.CN1CCC(NCC(=O)N2CCC(CCc3ccc4c(c3)cc(C#CCNc3ccc(C(C)(C)C#N)nc3)n4CC(F)(F)F)CC2)CC1. The number of amides is 1. The number of aryl methyl sites for hydroxylation is 1. The first-order valence-electron chi connectivity index (χ1n) is 17.9. The molecule has 8 nitrogen and oxygen atoms in total. The summed E-state index contributed by atoms with van der Waals surface area (Å²) >= 11 is 0. The Labute approximate surface area is 295 Å². The van der Waals surface area contributed by atoms with E-state index in [0.717, 1.165) is 75.7 Å². The molecule has 11 heteroatoms. The number of hydrogen-bond acceptors (Lipinski definition) is 6. The van der Waals surface area contributed by atoms with Crippen molar-refractivity contribution in [2.45, 2.75) is 90.4 Å². The molecule has 2 aliphatic heterocycles. The third-order valence-electron chi connectivity index (χ3n) is 9.65. The van der Waals surface area contributed by atoms with E-state index in [1.54, 1.807) is 38.2 Å². The number of fused-ring (bicyclic) bond motifs is 1. The fourth-order valence-electron chi connectivity index (χ4n) is 6.53. The summed E-state index contributed by atoms with van der Waals surface area (Å²) in [7, 11) is 2.13. The summed E-state index contributed by atoms with van der Waals surface area (Å²) in [5.41, 5.74) is 2.57. The van der Waals surface area contributed by atoms with Crippen LogP contribution in [0.3, 0.4) is 0 Å². The van der Waals surface area contributed by atoms with Gasteiger partial charge in [0, 0.05) is 30.0 Å². The maximum Gasteiger partial charge on any atom is 0.406 e. The van der Waals surface area contributed by atoms with E-state index in [-0.39, 0.29) is 12.5 Å². The van der Waals surface area contributed by atoms with Gasteiger partial charge in [-0.15, -0.1) is 0 Å². The monoisotopic (exact) mass is 691 g/mol. The number of aromatic nitrogens is 2. The van der Waals surface area contributed by atoms with Gasteiger partial charge in [0.25, 0.3) is 0 Å². The fourth-order valence-corrected chi connectivity index (χ4v) is 6.53. The summed E-state index contributed by atoms with van der Waals surface area (Å²) in [6.07, 6.45) is 3.14. The Morgan fingerprint density at radius 3 is 2.38 bits per heavy atom. The zero-order valence-electron chi connectivity index (χ0n) is 30.2. The summed E-state index contributed by atoms with van der Waals surface area (Å²) in [4.78, 5) is 21.4. The molecule has 4 heterocycles. The minimum Gasteiger partial charge on any atom is -0.373 e. The van der Waals surface area contributed by atoms with Crippen LogP contribution in [0.4, 0.5) is 18.9 Å². The van der Waals surface area contributed by atoms with E-state index < -0.39 is 18.1 Å². The zero-order chi connectivity index (χ0) is 36.3. The lowest BCUT2D eigenvalue weighted by Gasteiger charge is -2.33. The van der Waals surface area contributed by atoms with Crippen LogP contribution in [0.15, 0.2) is 42.6 Å². The Hall–Kier alpha value is -4.06. The molecule has 50 heavy (non-hydrogen) atoms. The van der Waals surface area contributed by atoms with Crippen molar-refractivity contribution >= 4 is 22.5 Å². The molecule has 0 spiro atoms. The molecule has 0 radical (unpaired) electrons. The number of pyridine rings is 1. The van der Waals surface area contributed by atoms with Crippen molar-refractivity contribution < 1.29 is 18.0 Å². The molecular weight excluding hydrogens is 639 g/mol. The van der Waals surface area contributed by atoms with Crippen molar-refractivity contribution in [3.8, 4) is 17.9 Å². The Bertz CT molecular complexity index is 1650. The molecule has 270 valence electrons. The van der Waals surface area contributed by atoms with Crippen LogP contribution in [0.1, 0.15) is 76.8 Å². The Morgan fingerprint density at radius 1 is 1.02 bits per heavy atom. The van der Waals surface area contributed by atoms with Crippen molar-refractivity contribution in [2.24, 2.45) is 5.92 Å². The molecule has 0 bridgehead atoms. The molecule has 0 saturated carbocycles. The number of nitrogens with one attached hydrogen (secondary N) is 2. The van der Waals surface area contributed by atoms with Gasteiger partial charge in [0.2, 0.25) is 5.91 Å². The largest absolute Gasteiger partial charge is 0.406 e. The molecule has 1 amide bonds. The molecule has 2 saturated heterocycles. The first kappa shape index (κ1) is 38.7. The number of benzene rings is 1. The smallest absolute Gasteiger partial charge is 0.373 e. The molecule has 2 aliphatic rings. The third kappa shape index (κ3) is 11.0. The topological polar surface area (TPSA) is 89.2 Å². The number of nitrogens with zero attached hydrogens (tertiary/aromatic N) is 5. The number of hydrogen-bond donors (Lipinski definition) is 2. The van der Waals surface area contributed by atoms with Crippen molar-refractivity contribution in [1.82, 2.24) is 24.7 Å². The van der Waals surface area contributed by atoms with E-state index in [1.807, 2.05) is 36.9 Å². The van der Waals surface area contributed by atoms with Crippen LogP contribution >= 0.6 is 0 Å². The van der Waals surface area contributed by atoms with Crippen LogP contribution in [-0.4, -0.2) is 83.8 Å². The van der Waals surface area contributed by atoms with Gasteiger partial charge in [0.05, 0.1) is 47.8 Å². The van der Waals surface area contributed by atoms with Crippen LogP contribution in [0.5, 0.6) is 0 Å². The normalized spacial score (nSPS) is 16.3. The highest BCUT2D eigenvalue weighted by molar-refractivity contribution is 5.83. The van der Waals surface area contributed by atoms with E-state index in [0.29, 0.717) is 41.1 Å². The molecule has 0 atom stereocenters. The molecule has 5 rings (SSSR count). The van der Waals surface area contributed by atoms with Gasteiger partial charge in [-0.05, 0) is 120 Å². The summed E-state index contributed by atoms with van der Waals surface area (Å²) in [6, 6.07) is 13.6. The van der Waals surface area contributed by atoms with E-state index in [9.17, 15) is 23.2 Å². The van der Waals surface area contributed by atoms with Crippen molar-refractivity contribution in [3.63, 3.8) is 0 Å². The van der Waals surface area contributed by atoms with Gasteiger partial charge < -0.3 is 25.0 Å². The second kappa shape index (κ2) is 17.7. The predicted molar refractivity (Wildman–Crippen MR) is 194 cm³/mol. The van der Waals surface area contributed by atoms with Crippen LogP contribution in [0.2, 0.25) is 0 Å². The lowest BCUT2D eigenvalue weighted by Crippen LogP contribution is -2.47. The van der Waals surface area contributed by atoms with Gasteiger partial charge in [-0.1, -0.05) is 25.8 Å². The highest BCUT2D eigenvalue weighted by atomic mass is 19.4. The molecule has 2 aromatic heterocycles. The molecule has 3 aromatic rings. The number of halogens is 3. The Balaban J connectivity index is 0.00000276. The number of piperidine rings is 2. The quantitative estimate of drug-likeness (QED) is 0.229. The van der Waals surface area contributed by atoms with E-state index >= 15 is 0 Å². The minimum absolute atomic E-state index is 0.183. The first-order valence-corrected chi connectivity index (χ1v) is 17.9. The Morgan fingerprint density at radius 2 is 1.74 bits per heavy atom. The Kier molecular flexibility index (Phi) is 13.7. The van der Waals surface area contributed by atoms with Gasteiger partial charge in [-0.2, -0.15) is 18.4 Å². The van der Waals surface area contributed by atoms with Crippen LogP contribution in [0, 0.1) is 29.1 Å². The van der Waals surface area contributed by atoms with E-state index in [2.05, 4.69) is 45.5 Å². The number of alkyl halides is 3. The molecule has 0 unspecified atom stereocenters. The number of nitriles is 1. The van der Waals surface area contributed by atoms with Crippen LogP contribution in [-0.2, 0) is 23.2 Å². The third-order valence-corrected chi connectivity index (χ3v) is 9.65. The average molecular weight is 692 g/mol. The molecular formula is C39H52F3N7O. The van der Waals surface area contributed by atoms with Gasteiger partial charge in [0.15, 0.2) is 0 Å². The van der Waals surface area contributed by atoms with Gasteiger partial charge in [-0.3, -0.25) is 9.78 Å². The zero-order valence-corrected chi connectivity index (χ0v) is 30.2. The van der Waals surface area contributed by atoms with Gasteiger partial charge in [0.1, 0.15) is 6.54 Å². The van der Waals surface area contributed by atoms with Crippen molar-refractivity contribution in [1.29, 1.82) is 5.26 Å². The number of rotatable bonds is 10. The average Bonchev–Trinajstić information content (AvgIpc) is 3.44. The van der Waals surface area contributed by atoms with Crippen LogP contribution < -0.4 is 10.6 Å². The number of likely N-dealkylation sites (tertiary alicyclic amines) is 2. The maximum atomic E-state index is 13.6. The predicted octanol–water partition coefficient (Wildman–Crippen LogP) is 6.74. The van der Waals surface area contributed by atoms with Gasteiger partial charge >= 0.3 is 6.18 Å². The minimum atomic E-state index is -4.39. The molecule has 2 fully saturated rings. The first-order chi connectivity index (χ1) is 23.9. The van der Waals surface area contributed by atoms with E-state index in [4.69, 9.17) is 0 Å². The highest BCUT2D eigenvalue weighted by Crippen LogP contribution is 2.28. The summed E-state index contributed by atoms with van der Waals surface area (Å²) < 4.78 is 41.9. The highest BCUT2D eigenvalue weighted by Gasteiger charge is 2.30. The summed E-state index contributed by atoms with van der Waals surface area (Å²) in [5, 5.41) is 16.6. The fraction of sp³-hybridized carbons (Fsp3) is 0.564. The standard InChI is InChI=1S/C37H46F3N7O.C2H6/c1-36(2,25-41)34-11-9-31(23-44-34)42-16-4-5-32-22-29-21-28(8-10-33(29)47(32)26-37(38,39)40)7-6-27-12-19-46(20-13-27)35(48)24-43-30-14-17-45(3)18-15-30;1-2/h8-11,21-23,27,30,42-43H,6-7,12-20,24,26H2,1-3H3;1-2H3.